The molecule has 8 heteroatoms. The van der Waals surface area contributed by atoms with Crippen LogP contribution in [-0.4, -0.2) is 56.9 Å². The monoisotopic (exact) mass is 354 g/mol. The predicted molar refractivity (Wildman–Crippen MR) is 98.8 cm³/mol. The molecule has 3 aromatic rings. The number of ether oxygens (including phenoxy) is 1. The maximum absolute atomic E-state index is 10.4. The number of anilines is 2. The van der Waals surface area contributed by atoms with Gasteiger partial charge in [0.2, 0.25) is 0 Å². The molecule has 3 N–H and O–H groups in total. The predicted octanol–water partition coefficient (Wildman–Crippen LogP) is 2.52. The van der Waals surface area contributed by atoms with Crippen molar-refractivity contribution in [1.29, 1.82) is 0 Å². The van der Waals surface area contributed by atoms with E-state index in [0.29, 0.717) is 29.6 Å². The highest BCUT2D eigenvalue weighted by Gasteiger charge is 2.18. The van der Waals surface area contributed by atoms with E-state index in [9.17, 15) is 5.11 Å². The summed E-state index contributed by atoms with van der Waals surface area (Å²) in [6, 6.07) is 3.41. The van der Waals surface area contributed by atoms with Crippen molar-refractivity contribution >= 4 is 22.4 Å². The summed E-state index contributed by atoms with van der Waals surface area (Å²) in [5.74, 6) is 1.68. The van der Waals surface area contributed by atoms with Crippen LogP contribution < -0.4 is 10.1 Å². The average Bonchev–Trinajstić information content (AvgIpc) is 3.15. The first-order chi connectivity index (χ1) is 12.7. The summed E-state index contributed by atoms with van der Waals surface area (Å²) in [5.41, 5.74) is 1.49. The normalized spacial score (nSPS) is 16.0. The molecule has 1 aromatic carbocycles. The number of hydrogen-bond acceptors (Lipinski definition) is 7. The van der Waals surface area contributed by atoms with Gasteiger partial charge in [0, 0.05) is 17.6 Å². The summed E-state index contributed by atoms with van der Waals surface area (Å²) in [6.07, 6.45) is 7.11. The van der Waals surface area contributed by atoms with E-state index < -0.39 is 0 Å². The molecule has 8 nitrogen and oxygen atoms in total. The van der Waals surface area contributed by atoms with E-state index in [1.807, 2.05) is 0 Å². The maximum Gasteiger partial charge on any atom is 0.163 e. The van der Waals surface area contributed by atoms with Crippen LogP contribution in [0.2, 0.25) is 0 Å². The highest BCUT2D eigenvalue weighted by Crippen LogP contribution is 2.34. The van der Waals surface area contributed by atoms with E-state index >= 15 is 0 Å². The minimum atomic E-state index is 0.0930. The number of hydrogen-bond donors (Lipinski definition) is 3. The second kappa shape index (κ2) is 7.17. The molecule has 0 atom stereocenters. The summed E-state index contributed by atoms with van der Waals surface area (Å²) in [5, 5.41) is 20.9. The quantitative estimate of drug-likeness (QED) is 0.647. The van der Waals surface area contributed by atoms with Crippen LogP contribution >= 0.6 is 0 Å². The second-order valence-corrected chi connectivity index (χ2v) is 6.73. The third kappa shape index (κ3) is 3.55. The number of nitrogens with one attached hydrogen (secondary N) is 2. The van der Waals surface area contributed by atoms with Crippen LogP contribution in [0.3, 0.4) is 0 Å². The highest BCUT2D eigenvalue weighted by atomic mass is 16.5. The van der Waals surface area contributed by atoms with Crippen molar-refractivity contribution in [3.63, 3.8) is 0 Å². The van der Waals surface area contributed by atoms with Gasteiger partial charge in [-0.15, -0.1) is 0 Å². The Bertz CT molecular complexity index is 875. The number of benzene rings is 1. The summed E-state index contributed by atoms with van der Waals surface area (Å²) < 4.78 is 5.90. The van der Waals surface area contributed by atoms with Gasteiger partial charge in [0.15, 0.2) is 11.5 Å². The van der Waals surface area contributed by atoms with Crippen molar-refractivity contribution in [2.45, 2.75) is 12.8 Å². The summed E-state index contributed by atoms with van der Waals surface area (Å²) in [7, 11) is 2.14. The first-order valence-electron chi connectivity index (χ1n) is 8.74. The number of aromatic amines is 1. The molecule has 26 heavy (non-hydrogen) atoms. The summed E-state index contributed by atoms with van der Waals surface area (Å²) in [6.45, 7) is 2.79. The number of phenols is 1. The minimum Gasteiger partial charge on any atom is -0.504 e. The lowest BCUT2D eigenvalue weighted by Crippen LogP contribution is -2.32. The minimum absolute atomic E-state index is 0.0930. The number of H-pyrrole nitrogens is 1. The molecule has 0 bridgehead atoms. The molecule has 2 aromatic heterocycles. The van der Waals surface area contributed by atoms with Crippen molar-refractivity contribution in [3.8, 4) is 11.5 Å². The van der Waals surface area contributed by atoms with Gasteiger partial charge >= 0.3 is 0 Å². The molecule has 0 spiro atoms. The van der Waals surface area contributed by atoms with Crippen LogP contribution in [0.15, 0.2) is 30.9 Å². The lowest BCUT2D eigenvalue weighted by Gasteiger charge is -2.28. The Morgan fingerprint density at radius 1 is 1.31 bits per heavy atom. The largest absolute Gasteiger partial charge is 0.504 e. The molecule has 0 saturated carbocycles. The number of aromatic hydroxyl groups is 1. The number of rotatable bonds is 5. The zero-order valence-electron chi connectivity index (χ0n) is 14.6. The van der Waals surface area contributed by atoms with Crippen LogP contribution in [0, 0.1) is 5.92 Å². The lowest BCUT2D eigenvalue weighted by molar-refractivity contribution is 0.158. The Balaban J connectivity index is 1.53. The Morgan fingerprint density at radius 3 is 2.92 bits per heavy atom. The third-order valence-corrected chi connectivity index (χ3v) is 4.79. The number of likely N-dealkylation sites (tertiary alicyclic amines) is 1. The molecule has 4 rings (SSSR count). The zero-order valence-corrected chi connectivity index (χ0v) is 14.6. The zero-order chi connectivity index (χ0) is 17.9. The van der Waals surface area contributed by atoms with Crippen LogP contribution in [0.1, 0.15) is 12.8 Å². The second-order valence-electron chi connectivity index (χ2n) is 6.73. The number of piperidine rings is 1. The molecule has 0 aliphatic carbocycles. The first-order valence-corrected chi connectivity index (χ1v) is 8.74. The number of aromatic nitrogens is 4. The molecular weight excluding hydrogens is 332 g/mol. The van der Waals surface area contributed by atoms with Crippen molar-refractivity contribution in [2.24, 2.45) is 5.92 Å². The Kier molecular flexibility index (Phi) is 4.57. The van der Waals surface area contributed by atoms with Gasteiger partial charge in [-0.3, -0.25) is 5.10 Å². The summed E-state index contributed by atoms with van der Waals surface area (Å²) in [4.78, 5) is 10.9. The molecule has 0 amide bonds. The van der Waals surface area contributed by atoms with Crippen LogP contribution in [0.5, 0.6) is 11.5 Å². The first kappa shape index (κ1) is 16.6. The fourth-order valence-corrected chi connectivity index (χ4v) is 3.18. The Labute approximate surface area is 151 Å². The fourth-order valence-electron chi connectivity index (χ4n) is 3.18. The smallest absolute Gasteiger partial charge is 0.163 e. The molecule has 136 valence electrons. The van der Waals surface area contributed by atoms with E-state index in [4.69, 9.17) is 4.74 Å². The number of nitrogens with zero attached hydrogens (tertiary/aromatic N) is 4. The SMILES string of the molecule is CN1CCC(COc2cc3ncnc(Nc4cn[nH]c4)c3cc2O)CC1. The van der Waals surface area contributed by atoms with Gasteiger partial charge < -0.3 is 20.1 Å². The van der Waals surface area contributed by atoms with Gasteiger partial charge in [0.1, 0.15) is 12.1 Å². The van der Waals surface area contributed by atoms with Crippen LogP contribution in [0.25, 0.3) is 10.9 Å². The molecule has 3 heterocycles. The van der Waals surface area contributed by atoms with E-state index in [1.165, 1.54) is 6.33 Å². The average molecular weight is 354 g/mol. The van der Waals surface area contributed by atoms with Gasteiger partial charge in [-0.2, -0.15) is 5.10 Å². The van der Waals surface area contributed by atoms with Gasteiger partial charge in [-0.25, -0.2) is 9.97 Å². The van der Waals surface area contributed by atoms with E-state index in [1.54, 1.807) is 24.5 Å². The molecule has 1 saturated heterocycles. The molecular formula is C18H22N6O2. The van der Waals surface area contributed by atoms with E-state index in [-0.39, 0.29) is 5.75 Å². The molecule has 1 aliphatic rings. The maximum atomic E-state index is 10.4. The number of fused-ring (bicyclic) bond motifs is 1. The fraction of sp³-hybridized carbons (Fsp3) is 0.389. The molecule has 0 radical (unpaired) electrons. The Hall–Kier alpha value is -2.87. The molecule has 1 aliphatic heterocycles. The Morgan fingerprint density at radius 2 is 2.15 bits per heavy atom. The van der Waals surface area contributed by atoms with Gasteiger partial charge in [0.25, 0.3) is 0 Å². The van der Waals surface area contributed by atoms with Crippen LogP contribution in [0.4, 0.5) is 11.5 Å². The molecule has 0 unspecified atom stereocenters. The van der Waals surface area contributed by atoms with Gasteiger partial charge in [0.05, 0.1) is 24.0 Å². The van der Waals surface area contributed by atoms with Crippen molar-refractivity contribution < 1.29 is 9.84 Å². The lowest BCUT2D eigenvalue weighted by atomic mass is 9.98. The molecule has 1 fully saturated rings. The van der Waals surface area contributed by atoms with Crippen molar-refractivity contribution in [1.82, 2.24) is 25.1 Å². The van der Waals surface area contributed by atoms with Crippen molar-refractivity contribution in [3.05, 3.63) is 30.9 Å². The summed E-state index contributed by atoms with van der Waals surface area (Å²) >= 11 is 0. The topological polar surface area (TPSA) is 99.2 Å². The van der Waals surface area contributed by atoms with Gasteiger partial charge in [-0.05, 0) is 45.0 Å². The third-order valence-electron chi connectivity index (χ3n) is 4.79. The van der Waals surface area contributed by atoms with E-state index in [2.05, 4.69) is 37.4 Å². The van der Waals surface area contributed by atoms with Crippen molar-refractivity contribution in [2.75, 3.05) is 32.1 Å². The highest BCUT2D eigenvalue weighted by molar-refractivity contribution is 5.92. The van der Waals surface area contributed by atoms with E-state index in [0.717, 1.165) is 37.0 Å². The standard InChI is InChI=1S/C18H22N6O2/c1-24-4-2-12(3-5-24)10-26-17-7-15-14(6-16(17)25)18(20-11-19-15)23-13-8-21-22-9-13/h6-9,11-12,25H,2-5,10H2,1H3,(H,21,22)(H,19,20,23). The van der Waals surface area contributed by atoms with Gasteiger partial charge in [-0.1, -0.05) is 0 Å². The van der Waals surface area contributed by atoms with Crippen LogP contribution in [-0.2, 0) is 0 Å². The number of phenolic OH excluding ortho intramolecular Hbond substituents is 1.